The van der Waals surface area contributed by atoms with Crippen molar-refractivity contribution in [3.05, 3.63) is 173 Å². The molecule has 5 aromatic rings. The van der Waals surface area contributed by atoms with Gasteiger partial charge in [0.1, 0.15) is 42.1 Å². The molecule has 0 unspecified atom stereocenters. The molecule has 2 amide bonds. The first kappa shape index (κ1) is 66.3. The maximum atomic E-state index is 16.6. The summed E-state index contributed by atoms with van der Waals surface area (Å²) in [6, 6.07) is 30.6. The molecule has 4 aromatic carbocycles. The summed E-state index contributed by atoms with van der Waals surface area (Å²) in [5.74, 6) is -12.1. The van der Waals surface area contributed by atoms with Crippen LogP contribution < -0.4 is 10.6 Å². The Hall–Kier alpha value is -9.13. The summed E-state index contributed by atoms with van der Waals surface area (Å²) in [5, 5.41) is 29.8. The first-order valence-electron chi connectivity index (χ1n) is 29.5. The van der Waals surface area contributed by atoms with Crippen LogP contribution in [-0.2, 0) is 89.2 Å². The van der Waals surface area contributed by atoms with Gasteiger partial charge in [-0.2, -0.15) is 0 Å². The highest BCUT2D eigenvalue weighted by atomic mass is 32.2. The second-order valence-corrected chi connectivity index (χ2v) is 24.6. The average Bonchev–Trinajstić information content (AvgIpc) is 0.690. The SMILES string of the molecule is CC(=O)O[C@H]1C(=O)[C@]2(C)[C@@H](OC(=O)Cc3ccccc3)C[C@H]3OC[C@@]3(OC(C)=O)[C@H]2[C@H](OC(=O)c2ccccc2)[C@]2(O)C[C@H](OC(=O)[C@H](OC(=O)Cc3ccccc3)[C@@H](NC(=O)[C@@H](CCC(=O)O)NC(=O)CSc3ncccn3)c3ccccc3)C(C)=C1C2(C)C. The van der Waals surface area contributed by atoms with E-state index in [0.29, 0.717) is 11.1 Å². The number of ketones is 1. The van der Waals surface area contributed by atoms with Gasteiger partial charge < -0.3 is 54.0 Å². The second kappa shape index (κ2) is 27.9. The van der Waals surface area contributed by atoms with Crippen LogP contribution in [0.25, 0.3) is 0 Å². The Kier molecular flexibility index (Phi) is 20.4. The summed E-state index contributed by atoms with van der Waals surface area (Å²) in [6.07, 6.45) is -10.5. The molecule has 0 spiro atoms. The average molecular weight is 1270 g/mol. The largest absolute Gasteiger partial charge is 0.481 e. The number of hydrogen-bond donors (Lipinski definition) is 4. The molecule has 2 heterocycles. The van der Waals surface area contributed by atoms with Crippen LogP contribution >= 0.6 is 11.8 Å². The van der Waals surface area contributed by atoms with Gasteiger partial charge in [0.2, 0.25) is 17.9 Å². The van der Waals surface area contributed by atoms with Crippen molar-refractivity contribution >= 4 is 71.1 Å². The number of thioether (sulfide) groups is 1. The van der Waals surface area contributed by atoms with Gasteiger partial charge in [-0.1, -0.05) is 135 Å². The van der Waals surface area contributed by atoms with E-state index in [-0.39, 0.29) is 46.0 Å². The molecular formula is C67H70N4O19S. The van der Waals surface area contributed by atoms with Gasteiger partial charge >= 0.3 is 41.8 Å². The summed E-state index contributed by atoms with van der Waals surface area (Å²) >= 11 is 0.942. The number of amides is 2. The van der Waals surface area contributed by atoms with E-state index in [2.05, 4.69) is 20.6 Å². The molecule has 23 nitrogen and oxygen atoms in total. The van der Waals surface area contributed by atoms with Gasteiger partial charge in [-0.25, -0.2) is 19.6 Å². The van der Waals surface area contributed by atoms with E-state index in [0.717, 1.165) is 25.6 Å². The van der Waals surface area contributed by atoms with Crippen LogP contribution in [0.3, 0.4) is 0 Å². The van der Waals surface area contributed by atoms with E-state index < -0.39 is 168 Å². The molecule has 2 bridgehead atoms. The van der Waals surface area contributed by atoms with E-state index in [4.69, 9.17) is 33.2 Å². The fourth-order valence-corrected chi connectivity index (χ4v) is 13.7. The first-order valence-corrected chi connectivity index (χ1v) is 30.5. The lowest BCUT2D eigenvalue weighted by Crippen LogP contribution is -2.82. The molecule has 478 valence electrons. The highest BCUT2D eigenvalue weighted by Crippen LogP contribution is 2.65. The van der Waals surface area contributed by atoms with Crippen molar-refractivity contribution in [3.8, 4) is 0 Å². The van der Waals surface area contributed by atoms with Gasteiger partial charge in [-0.15, -0.1) is 0 Å². The van der Waals surface area contributed by atoms with Gasteiger partial charge in [-0.3, -0.25) is 38.4 Å². The lowest BCUT2D eigenvalue weighted by molar-refractivity contribution is -0.346. The summed E-state index contributed by atoms with van der Waals surface area (Å²) in [6.45, 7) is 7.62. The predicted octanol–water partition coefficient (Wildman–Crippen LogP) is 5.94. The van der Waals surface area contributed by atoms with Crippen molar-refractivity contribution in [2.45, 2.75) is 145 Å². The highest BCUT2D eigenvalue weighted by Gasteiger charge is 2.79. The Morgan fingerprint density at radius 1 is 0.736 bits per heavy atom. The van der Waals surface area contributed by atoms with Crippen molar-refractivity contribution in [2.24, 2.45) is 16.7 Å². The zero-order valence-corrected chi connectivity index (χ0v) is 51.6. The number of nitrogens with one attached hydrogen (secondary N) is 2. The number of esters is 6. The maximum Gasteiger partial charge on any atom is 0.350 e. The minimum Gasteiger partial charge on any atom is -0.481 e. The molecule has 24 heteroatoms. The van der Waals surface area contributed by atoms with E-state index in [1.54, 1.807) is 103 Å². The third-order valence-corrected chi connectivity index (χ3v) is 18.4. The summed E-state index contributed by atoms with van der Waals surface area (Å²) in [7, 11) is 0. The van der Waals surface area contributed by atoms with Crippen molar-refractivity contribution < 1.29 is 91.3 Å². The summed E-state index contributed by atoms with van der Waals surface area (Å²) < 4.78 is 44.2. The van der Waals surface area contributed by atoms with E-state index in [1.807, 2.05) is 0 Å². The summed E-state index contributed by atoms with van der Waals surface area (Å²) in [5.41, 5.74) is -7.66. The van der Waals surface area contributed by atoms with Gasteiger partial charge in [0.25, 0.3) is 0 Å². The monoisotopic (exact) mass is 1270 g/mol. The van der Waals surface area contributed by atoms with Crippen LogP contribution in [0, 0.1) is 16.7 Å². The molecule has 3 aliphatic carbocycles. The van der Waals surface area contributed by atoms with Gasteiger partial charge in [0.15, 0.2) is 22.6 Å². The zero-order chi connectivity index (χ0) is 65.4. The van der Waals surface area contributed by atoms with Gasteiger partial charge in [0, 0.05) is 50.9 Å². The lowest BCUT2D eigenvalue weighted by atomic mass is 9.44. The summed E-state index contributed by atoms with van der Waals surface area (Å²) in [4.78, 5) is 152. The number of aliphatic hydroxyl groups is 1. The Morgan fingerprint density at radius 2 is 1.33 bits per heavy atom. The predicted molar refractivity (Wildman–Crippen MR) is 322 cm³/mol. The third-order valence-electron chi connectivity index (χ3n) is 17.5. The van der Waals surface area contributed by atoms with Crippen LogP contribution in [0.15, 0.2) is 156 Å². The minimum absolute atomic E-state index is 0.0216. The number of carbonyl (C=O) groups is 10. The number of carboxylic acid groups (broad SMARTS) is 1. The molecule has 4 N–H and O–H groups in total. The topological polar surface area (TPSA) is 326 Å². The van der Waals surface area contributed by atoms with Crippen LogP contribution in [-0.4, -0.2) is 146 Å². The molecule has 1 saturated heterocycles. The standard InChI is InChI=1S/C67H70N4O19S/c1-38-46(86-62(82)56(88-52(78)33-42-22-13-8-14-23-42)54(43-24-15-9-16-25-43)71-60(80)45(28-29-50(75)76)70-49(74)36-91-63-68-30-19-31-69-63)35-67(83)59(89-61(81)44-26-17-10-18-27-44)57-65(6,58(79)55(85-39(2)72)53(38)64(67,4)5)47(34-48-66(57,37-84-48)90-40(3)73)87-51(77)32-41-20-11-7-12-21-41/h7-27,30-31,45-48,54-57,59,83H,28-29,32-37H2,1-6H3,(H,70,74)(H,71,80)(H,75,76)/t45-,46+,47+,48-,54+,55-,56-,57+,59+,65-,66+,67-/m1/s1. The first-order chi connectivity index (χ1) is 43.4. The Morgan fingerprint density at radius 3 is 1.90 bits per heavy atom. The molecule has 3 fully saturated rings. The minimum atomic E-state index is -2.63. The number of hydrogen-bond acceptors (Lipinski definition) is 21. The van der Waals surface area contributed by atoms with E-state index >= 15 is 9.59 Å². The molecule has 1 aromatic heterocycles. The number of benzene rings is 4. The van der Waals surface area contributed by atoms with Crippen molar-refractivity contribution in [1.29, 1.82) is 0 Å². The fraction of sp³-hybridized carbons (Fsp3) is 0.403. The number of carboxylic acids is 1. The fourth-order valence-electron chi connectivity index (χ4n) is 13.0. The molecule has 1 aliphatic heterocycles. The van der Waals surface area contributed by atoms with Crippen LogP contribution in [0.5, 0.6) is 0 Å². The number of fused-ring (bicyclic) bond motifs is 5. The molecule has 4 aliphatic rings. The number of nitrogens with zero attached hydrogens (tertiary/aromatic N) is 2. The van der Waals surface area contributed by atoms with Gasteiger partial charge in [-0.05, 0) is 66.3 Å². The zero-order valence-electron chi connectivity index (χ0n) is 50.8. The number of carbonyl (C=O) groups excluding carboxylic acids is 9. The molecular weight excluding hydrogens is 1200 g/mol. The second-order valence-electron chi connectivity index (χ2n) is 23.6. The van der Waals surface area contributed by atoms with Crippen LogP contribution in [0.1, 0.15) is 100 Å². The lowest BCUT2D eigenvalue weighted by Gasteiger charge is -2.67. The van der Waals surface area contributed by atoms with Crippen molar-refractivity contribution in [1.82, 2.24) is 20.6 Å². The van der Waals surface area contributed by atoms with Gasteiger partial charge in [0.05, 0.1) is 42.1 Å². The number of rotatable bonds is 23. The maximum absolute atomic E-state index is 16.6. The number of aliphatic carboxylic acids is 1. The van der Waals surface area contributed by atoms with E-state index in [9.17, 15) is 48.6 Å². The van der Waals surface area contributed by atoms with E-state index in [1.165, 1.54) is 64.4 Å². The normalized spacial score (nSPS) is 25.5. The molecule has 0 radical (unpaired) electrons. The molecule has 2 saturated carbocycles. The third kappa shape index (κ3) is 14.3. The number of Topliss-reactive ketones (excluding diaryl/α,β-unsaturated/α-hetero) is 1. The van der Waals surface area contributed by atoms with Crippen LogP contribution in [0.4, 0.5) is 0 Å². The quantitative estimate of drug-likeness (QED) is 0.0193. The molecule has 12 atom stereocenters. The Labute approximate surface area is 528 Å². The van der Waals surface area contributed by atoms with Crippen LogP contribution in [0.2, 0.25) is 0 Å². The van der Waals surface area contributed by atoms with Crippen molar-refractivity contribution in [3.63, 3.8) is 0 Å². The van der Waals surface area contributed by atoms with Crippen molar-refractivity contribution in [2.75, 3.05) is 12.4 Å². The smallest absolute Gasteiger partial charge is 0.350 e. The highest BCUT2D eigenvalue weighted by molar-refractivity contribution is 7.99. The number of aromatic nitrogens is 2. The number of ether oxygens (including phenoxy) is 7. The Balaban J connectivity index is 1.18. The Bertz CT molecular complexity index is 3580. The molecule has 9 rings (SSSR count). The molecule has 91 heavy (non-hydrogen) atoms.